The van der Waals surface area contributed by atoms with E-state index in [4.69, 9.17) is 4.74 Å². The minimum atomic E-state index is -0.274. The minimum absolute atomic E-state index is 0.274. The topological polar surface area (TPSA) is 38.3 Å². The number of carbonyl (C=O) groups excluding carboxylic acids is 1. The van der Waals surface area contributed by atoms with Gasteiger partial charge in [-0.3, -0.25) is 4.79 Å². The number of esters is 1. The highest BCUT2D eigenvalue weighted by Crippen LogP contribution is 2.21. The number of hydrogen-bond donors (Lipinski definition) is 1. The van der Waals surface area contributed by atoms with Crippen LogP contribution in [0.3, 0.4) is 0 Å². The summed E-state index contributed by atoms with van der Waals surface area (Å²) in [4.78, 5) is 10.8. The molecule has 0 aliphatic heterocycles. The fourth-order valence-electron chi connectivity index (χ4n) is 1.62. The molecule has 0 unspecified atom stereocenters. The molecule has 0 aromatic heterocycles. The Kier molecular flexibility index (Phi) is 3.97. The van der Waals surface area contributed by atoms with Crippen LogP contribution in [0.5, 0.6) is 0 Å². The molecule has 0 spiro atoms. The number of hydrogen-bond acceptors (Lipinski definition) is 3. The summed E-state index contributed by atoms with van der Waals surface area (Å²) in [6.45, 7) is 1.69. The van der Waals surface area contributed by atoms with E-state index in [2.05, 4.69) is 5.32 Å². The van der Waals surface area contributed by atoms with Crippen LogP contribution in [-0.2, 0) is 16.1 Å². The van der Waals surface area contributed by atoms with Crippen LogP contribution in [0.15, 0.2) is 54.6 Å². The molecule has 0 fully saturated rings. The van der Waals surface area contributed by atoms with Gasteiger partial charge in [0.05, 0.1) is 0 Å². The number of nitrogens with one attached hydrogen (secondary N) is 1. The predicted octanol–water partition coefficient (Wildman–Crippen LogP) is 3.49. The Hall–Kier alpha value is -2.29. The summed E-state index contributed by atoms with van der Waals surface area (Å²) in [5.74, 6) is -0.274. The van der Waals surface area contributed by atoms with Gasteiger partial charge in [-0.2, -0.15) is 0 Å². The summed E-state index contributed by atoms with van der Waals surface area (Å²) >= 11 is 0. The molecule has 3 nitrogen and oxygen atoms in total. The molecule has 1 N–H and O–H groups in total. The average Bonchev–Trinajstić information content (AvgIpc) is 2.39. The normalized spacial score (nSPS) is 9.83. The number of rotatable bonds is 4. The number of para-hydroxylation sites is 2. The molecule has 0 amide bonds. The summed E-state index contributed by atoms with van der Waals surface area (Å²) in [5.41, 5.74) is 2.91. The quantitative estimate of drug-likeness (QED) is 0.833. The first-order chi connectivity index (χ1) is 8.75. The van der Waals surface area contributed by atoms with Crippen LogP contribution >= 0.6 is 0 Å². The fraction of sp³-hybridized carbons (Fsp3) is 0.133. The molecule has 0 radical (unpaired) electrons. The van der Waals surface area contributed by atoms with Gasteiger partial charge in [-0.1, -0.05) is 36.4 Å². The van der Waals surface area contributed by atoms with Gasteiger partial charge in [-0.15, -0.1) is 0 Å². The lowest BCUT2D eigenvalue weighted by atomic mass is 10.2. The highest BCUT2D eigenvalue weighted by molar-refractivity contribution is 5.67. The molecule has 0 atom stereocenters. The molecule has 2 aromatic rings. The Bertz CT molecular complexity index is 523. The summed E-state index contributed by atoms with van der Waals surface area (Å²) in [6, 6.07) is 17.7. The van der Waals surface area contributed by atoms with Crippen molar-refractivity contribution in [3.05, 3.63) is 60.2 Å². The molecule has 3 heteroatoms. The van der Waals surface area contributed by atoms with Crippen molar-refractivity contribution in [3.8, 4) is 0 Å². The second-order valence-electron chi connectivity index (χ2n) is 3.93. The van der Waals surface area contributed by atoms with Crippen molar-refractivity contribution in [3.63, 3.8) is 0 Å². The molecule has 0 aliphatic rings. The third-order valence-electron chi connectivity index (χ3n) is 2.50. The first kappa shape index (κ1) is 12.2. The second-order valence-corrected chi connectivity index (χ2v) is 3.93. The molecular formula is C15H15NO2. The maximum absolute atomic E-state index is 10.8. The van der Waals surface area contributed by atoms with E-state index >= 15 is 0 Å². The van der Waals surface area contributed by atoms with Crippen molar-refractivity contribution >= 4 is 17.3 Å². The van der Waals surface area contributed by atoms with Crippen LogP contribution in [0.4, 0.5) is 11.4 Å². The molecule has 0 bridgehead atoms. The monoisotopic (exact) mass is 241 g/mol. The molecular weight excluding hydrogens is 226 g/mol. The van der Waals surface area contributed by atoms with E-state index in [0.717, 1.165) is 16.9 Å². The molecule has 0 saturated carbocycles. The first-order valence-corrected chi connectivity index (χ1v) is 5.79. The Morgan fingerprint density at radius 1 is 1.06 bits per heavy atom. The largest absolute Gasteiger partial charge is 0.461 e. The zero-order chi connectivity index (χ0) is 12.8. The maximum atomic E-state index is 10.8. The highest BCUT2D eigenvalue weighted by atomic mass is 16.5. The molecule has 0 saturated heterocycles. The van der Waals surface area contributed by atoms with Gasteiger partial charge in [-0.05, 0) is 18.2 Å². The van der Waals surface area contributed by atoms with Crippen molar-refractivity contribution in [1.29, 1.82) is 0 Å². The maximum Gasteiger partial charge on any atom is 0.302 e. The van der Waals surface area contributed by atoms with E-state index in [1.807, 2.05) is 54.6 Å². The standard InChI is InChI=1S/C15H15NO2/c1-12(17)18-11-13-7-5-6-10-15(13)16-14-8-3-2-4-9-14/h2-10,16H,11H2,1H3. The van der Waals surface area contributed by atoms with Gasteiger partial charge in [0.1, 0.15) is 6.61 Å². The lowest BCUT2D eigenvalue weighted by Crippen LogP contribution is -2.02. The van der Waals surface area contributed by atoms with Gasteiger partial charge in [0.25, 0.3) is 0 Å². The molecule has 0 heterocycles. The van der Waals surface area contributed by atoms with E-state index in [1.165, 1.54) is 6.92 Å². The second kappa shape index (κ2) is 5.87. The number of anilines is 2. The first-order valence-electron chi connectivity index (χ1n) is 5.79. The Labute approximate surface area is 106 Å². The zero-order valence-electron chi connectivity index (χ0n) is 10.2. The minimum Gasteiger partial charge on any atom is -0.461 e. The van der Waals surface area contributed by atoms with Crippen molar-refractivity contribution in [2.45, 2.75) is 13.5 Å². The van der Waals surface area contributed by atoms with Crippen LogP contribution in [0.1, 0.15) is 12.5 Å². The summed E-state index contributed by atoms with van der Waals surface area (Å²) in [7, 11) is 0. The SMILES string of the molecule is CC(=O)OCc1ccccc1Nc1ccccc1. The number of carbonyl (C=O) groups is 1. The zero-order valence-corrected chi connectivity index (χ0v) is 10.2. The van der Waals surface area contributed by atoms with Crippen LogP contribution in [0.2, 0.25) is 0 Å². The average molecular weight is 241 g/mol. The van der Waals surface area contributed by atoms with Crippen molar-refractivity contribution < 1.29 is 9.53 Å². The third kappa shape index (κ3) is 3.35. The highest BCUT2D eigenvalue weighted by Gasteiger charge is 2.03. The lowest BCUT2D eigenvalue weighted by molar-refractivity contribution is -0.142. The Balaban J connectivity index is 2.14. The number of benzene rings is 2. The Morgan fingerprint density at radius 3 is 2.44 bits per heavy atom. The van der Waals surface area contributed by atoms with E-state index < -0.39 is 0 Å². The van der Waals surface area contributed by atoms with Gasteiger partial charge >= 0.3 is 5.97 Å². The van der Waals surface area contributed by atoms with Gasteiger partial charge in [-0.25, -0.2) is 0 Å². The lowest BCUT2D eigenvalue weighted by Gasteiger charge is -2.11. The van der Waals surface area contributed by atoms with Crippen LogP contribution in [0, 0.1) is 0 Å². The van der Waals surface area contributed by atoms with Crippen LogP contribution in [0.25, 0.3) is 0 Å². The number of ether oxygens (including phenoxy) is 1. The van der Waals surface area contributed by atoms with E-state index in [1.54, 1.807) is 0 Å². The smallest absolute Gasteiger partial charge is 0.302 e. The van der Waals surface area contributed by atoms with E-state index in [0.29, 0.717) is 0 Å². The summed E-state index contributed by atoms with van der Waals surface area (Å²) in [6.07, 6.45) is 0. The van der Waals surface area contributed by atoms with Crippen molar-refractivity contribution in [2.75, 3.05) is 5.32 Å². The fourth-order valence-corrected chi connectivity index (χ4v) is 1.62. The van der Waals surface area contributed by atoms with Crippen molar-refractivity contribution in [1.82, 2.24) is 0 Å². The van der Waals surface area contributed by atoms with Gasteiger partial charge < -0.3 is 10.1 Å². The third-order valence-corrected chi connectivity index (χ3v) is 2.50. The van der Waals surface area contributed by atoms with Crippen molar-refractivity contribution in [2.24, 2.45) is 0 Å². The Morgan fingerprint density at radius 2 is 1.72 bits per heavy atom. The predicted molar refractivity (Wildman–Crippen MR) is 71.6 cm³/mol. The van der Waals surface area contributed by atoms with Gasteiger partial charge in [0.15, 0.2) is 0 Å². The molecule has 2 aromatic carbocycles. The van der Waals surface area contributed by atoms with Gasteiger partial charge in [0.2, 0.25) is 0 Å². The summed E-state index contributed by atoms with van der Waals surface area (Å²) in [5, 5.41) is 3.30. The van der Waals surface area contributed by atoms with E-state index in [-0.39, 0.29) is 12.6 Å². The van der Waals surface area contributed by atoms with Crippen LogP contribution < -0.4 is 5.32 Å². The molecule has 0 aliphatic carbocycles. The van der Waals surface area contributed by atoms with Gasteiger partial charge in [0, 0.05) is 23.9 Å². The molecule has 2 rings (SSSR count). The van der Waals surface area contributed by atoms with E-state index in [9.17, 15) is 4.79 Å². The summed E-state index contributed by atoms with van der Waals surface area (Å²) < 4.78 is 5.03. The molecule has 92 valence electrons. The van der Waals surface area contributed by atoms with Crippen LogP contribution in [-0.4, -0.2) is 5.97 Å². The molecule has 18 heavy (non-hydrogen) atoms.